The molecule has 3 unspecified atom stereocenters. The van der Waals surface area contributed by atoms with Gasteiger partial charge < -0.3 is 0 Å². The lowest BCUT2D eigenvalue weighted by Gasteiger charge is -2.23. The predicted octanol–water partition coefficient (Wildman–Crippen LogP) is 2.47. The Bertz CT molecular complexity index is 564. The molecule has 1 aliphatic heterocycles. The second-order valence-electron chi connectivity index (χ2n) is 5.83. The molecule has 3 heteroatoms. The van der Waals surface area contributed by atoms with Crippen molar-refractivity contribution in [3.63, 3.8) is 0 Å². The Hall–Kier alpha value is -1.64. The standard InChI is InChI=1S/C15H15NO2/c17-14-11-3-1-2-10(13(11)15(18)16-14)12-7-8-4-5-9(12)6-8/h1-3,8-9,12H,4-7H2,(H,16,17,18). The molecule has 2 amide bonds. The Morgan fingerprint density at radius 2 is 1.94 bits per heavy atom. The van der Waals surface area contributed by atoms with Crippen molar-refractivity contribution in [2.75, 3.05) is 0 Å². The summed E-state index contributed by atoms with van der Waals surface area (Å²) < 4.78 is 0. The van der Waals surface area contributed by atoms with Crippen LogP contribution in [0.25, 0.3) is 0 Å². The van der Waals surface area contributed by atoms with Gasteiger partial charge in [0.1, 0.15) is 0 Å². The van der Waals surface area contributed by atoms with E-state index in [9.17, 15) is 9.59 Å². The molecule has 92 valence electrons. The van der Waals surface area contributed by atoms with Crippen molar-refractivity contribution in [2.45, 2.75) is 31.6 Å². The Kier molecular flexibility index (Phi) is 1.97. The molecule has 2 bridgehead atoms. The first-order valence-electron chi connectivity index (χ1n) is 6.72. The Balaban J connectivity index is 1.83. The molecule has 1 N–H and O–H groups in total. The Morgan fingerprint density at radius 1 is 1.06 bits per heavy atom. The van der Waals surface area contributed by atoms with Crippen molar-refractivity contribution in [3.8, 4) is 0 Å². The largest absolute Gasteiger partial charge is 0.288 e. The smallest absolute Gasteiger partial charge is 0.259 e. The number of carbonyl (C=O) groups excluding carboxylic acids is 2. The average Bonchev–Trinajstić information content (AvgIpc) is 3.05. The van der Waals surface area contributed by atoms with Gasteiger partial charge in [0.25, 0.3) is 11.8 Å². The maximum atomic E-state index is 11.9. The van der Waals surface area contributed by atoms with Gasteiger partial charge in [0.15, 0.2) is 0 Å². The molecule has 18 heavy (non-hydrogen) atoms. The summed E-state index contributed by atoms with van der Waals surface area (Å²) in [5, 5.41) is 2.41. The van der Waals surface area contributed by atoms with Crippen molar-refractivity contribution in [1.82, 2.24) is 5.32 Å². The fraction of sp³-hybridized carbons (Fsp3) is 0.467. The minimum atomic E-state index is -0.236. The first-order chi connectivity index (χ1) is 8.74. The molecule has 0 saturated heterocycles. The van der Waals surface area contributed by atoms with Crippen LogP contribution in [0, 0.1) is 11.8 Å². The SMILES string of the molecule is O=C1NC(=O)c2c1cccc2C1CC2CCC1C2. The molecule has 0 spiro atoms. The first kappa shape index (κ1) is 10.3. The lowest BCUT2D eigenvalue weighted by Crippen LogP contribution is -2.21. The van der Waals surface area contributed by atoms with Crippen molar-refractivity contribution < 1.29 is 9.59 Å². The molecule has 4 rings (SSSR count). The molecule has 3 aliphatic rings. The van der Waals surface area contributed by atoms with Crippen LogP contribution in [0.1, 0.15) is 57.9 Å². The van der Waals surface area contributed by atoms with Crippen molar-refractivity contribution in [3.05, 3.63) is 34.9 Å². The highest BCUT2D eigenvalue weighted by atomic mass is 16.2. The van der Waals surface area contributed by atoms with Gasteiger partial charge in [-0.3, -0.25) is 14.9 Å². The summed E-state index contributed by atoms with van der Waals surface area (Å²) in [4.78, 5) is 23.6. The summed E-state index contributed by atoms with van der Waals surface area (Å²) in [6.45, 7) is 0. The van der Waals surface area contributed by atoms with E-state index in [4.69, 9.17) is 0 Å². The summed E-state index contributed by atoms with van der Waals surface area (Å²) in [6, 6.07) is 5.72. The van der Waals surface area contributed by atoms with Crippen LogP contribution in [-0.4, -0.2) is 11.8 Å². The monoisotopic (exact) mass is 241 g/mol. The molecular formula is C15H15NO2. The van der Waals surface area contributed by atoms with Crippen LogP contribution < -0.4 is 5.32 Å². The van der Waals surface area contributed by atoms with E-state index >= 15 is 0 Å². The lowest BCUT2D eigenvalue weighted by molar-refractivity contribution is 0.0879. The molecular weight excluding hydrogens is 226 g/mol. The Morgan fingerprint density at radius 3 is 2.67 bits per heavy atom. The highest BCUT2D eigenvalue weighted by Crippen LogP contribution is 2.53. The van der Waals surface area contributed by atoms with E-state index in [1.807, 2.05) is 12.1 Å². The van der Waals surface area contributed by atoms with Gasteiger partial charge in [-0.15, -0.1) is 0 Å². The van der Waals surface area contributed by atoms with Gasteiger partial charge >= 0.3 is 0 Å². The maximum absolute atomic E-state index is 11.9. The molecule has 1 heterocycles. The average molecular weight is 241 g/mol. The predicted molar refractivity (Wildman–Crippen MR) is 66.4 cm³/mol. The molecule has 2 fully saturated rings. The summed E-state index contributed by atoms with van der Waals surface area (Å²) >= 11 is 0. The van der Waals surface area contributed by atoms with Crippen LogP contribution in [0.5, 0.6) is 0 Å². The third kappa shape index (κ3) is 1.25. The summed E-state index contributed by atoms with van der Waals surface area (Å²) in [5.74, 6) is 1.63. The Labute approximate surface area is 106 Å². The zero-order valence-corrected chi connectivity index (χ0v) is 10.1. The van der Waals surface area contributed by atoms with E-state index < -0.39 is 0 Å². The zero-order chi connectivity index (χ0) is 12.3. The third-order valence-corrected chi connectivity index (χ3v) is 4.93. The van der Waals surface area contributed by atoms with Crippen LogP contribution in [0.15, 0.2) is 18.2 Å². The number of imide groups is 1. The summed E-state index contributed by atoms with van der Waals surface area (Å²) in [5.41, 5.74) is 2.34. The van der Waals surface area contributed by atoms with Crippen molar-refractivity contribution in [1.29, 1.82) is 0 Å². The van der Waals surface area contributed by atoms with Crippen LogP contribution in [0.2, 0.25) is 0 Å². The van der Waals surface area contributed by atoms with Gasteiger partial charge in [-0.1, -0.05) is 18.6 Å². The van der Waals surface area contributed by atoms with Crippen molar-refractivity contribution in [2.24, 2.45) is 11.8 Å². The van der Waals surface area contributed by atoms with Crippen molar-refractivity contribution >= 4 is 11.8 Å². The fourth-order valence-electron chi connectivity index (χ4n) is 4.18. The number of fused-ring (bicyclic) bond motifs is 3. The molecule has 3 nitrogen and oxygen atoms in total. The minimum absolute atomic E-state index is 0.201. The molecule has 3 atom stereocenters. The second-order valence-corrected chi connectivity index (χ2v) is 5.83. The quantitative estimate of drug-likeness (QED) is 0.768. The normalized spacial score (nSPS) is 32.8. The van der Waals surface area contributed by atoms with Crippen LogP contribution in [0.3, 0.4) is 0 Å². The van der Waals surface area contributed by atoms with Gasteiger partial charge in [0.2, 0.25) is 0 Å². The number of amides is 2. The molecule has 1 aromatic carbocycles. The molecule has 0 radical (unpaired) electrons. The highest BCUT2D eigenvalue weighted by Gasteiger charge is 2.42. The first-order valence-corrected chi connectivity index (χ1v) is 6.72. The topological polar surface area (TPSA) is 46.2 Å². The fourth-order valence-corrected chi connectivity index (χ4v) is 4.18. The van der Waals surface area contributed by atoms with Gasteiger partial charge in [0.05, 0.1) is 11.1 Å². The maximum Gasteiger partial charge on any atom is 0.259 e. The van der Waals surface area contributed by atoms with E-state index in [1.165, 1.54) is 25.7 Å². The minimum Gasteiger partial charge on any atom is -0.288 e. The molecule has 1 aromatic rings. The van der Waals surface area contributed by atoms with E-state index in [0.717, 1.165) is 17.4 Å². The summed E-state index contributed by atoms with van der Waals surface area (Å²) in [7, 11) is 0. The van der Waals surface area contributed by atoms with Gasteiger partial charge in [-0.2, -0.15) is 0 Å². The van der Waals surface area contributed by atoms with E-state index in [1.54, 1.807) is 6.07 Å². The van der Waals surface area contributed by atoms with Gasteiger partial charge in [-0.25, -0.2) is 0 Å². The van der Waals surface area contributed by atoms with Crippen LogP contribution >= 0.6 is 0 Å². The highest BCUT2D eigenvalue weighted by molar-refractivity contribution is 6.22. The van der Waals surface area contributed by atoms with Crippen LogP contribution in [-0.2, 0) is 0 Å². The van der Waals surface area contributed by atoms with Crippen LogP contribution in [0.4, 0.5) is 0 Å². The molecule has 2 saturated carbocycles. The number of hydrogen-bond acceptors (Lipinski definition) is 2. The number of rotatable bonds is 1. The van der Waals surface area contributed by atoms with Gasteiger partial charge in [0, 0.05) is 0 Å². The second kappa shape index (κ2) is 3.44. The summed E-state index contributed by atoms with van der Waals surface area (Å²) in [6.07, 6.45) is 5.14. The number of hydrogen-bond donors (Lipinski definition) is 1. The number of nitrogens with one attached hydrogen (secondary N) is 1. The van der Waals surface area contributed by atoms with Gasteiger partial charge in [-0.05, 0) is 48.6 Å². The number of benzene rings is 1. The van der Waals surface area contributed by atoms with E-state index in [0.29, 0.717) is 17.0 Å². The molecule has 0 aromatic heterocycles. The third-order valence-electron chi connectivity index (χ3n) is 4.93. The van der Waals surface area contributed by atoms with E-state index in [2.05, 4.69) is 5.32 Å². The molecule has 2 aliphatic carbocycles. The number of carbonyl (C=O) groups is 2. The van der Waals surface area contributed by atoms with E-state index in [-0.39, 0.29) is 11.8 Å². The lowest BCUT2D eigenvalue weighted by atomic mass is 9.81. The zero-order valence-electron chi connectivity index (χ0n) is 10.1.